The van der Waals surface area contributed by atoms with Crippen molar-refractivity contribution in [2.24, 2.45) is 7.05 Å². The van der Waals surface area contributed by atoms with Gasteiger partial charge in [-0.15, -0.1) is 0 Å². The molecule has 0 saturated heterocycles. The minimum Gasteiger partial charge on any atom is -0.383 e. The fraction of sp³-hybridized carbons (Fsp3) is 0.357. The van der Waals surface area contributed by atoms with Crippen LogP contribution in [-0.2, 0) is 13.6 Å². The number of pyridine rings is 1. The van der Waals surface area contributed by atoms with Crippen molar-refractivity contribution in [2.75, 3.05) is 18.9 Å². The molecule has 1 N–H and O–H groups in total. The zero-order valence-electron chi connectivity index (χ0n) is 12.0. The molecule has 0 aliphatic heterocycles. The van der Waals surface area contributed by atoms with E-state index in [2.05, 4.69) is 15.3 Å². The number of anilines is 1. The summed E-state index contributed by atoms with van der Waals surface area (Å²) in [5.41, 5.74) is 1.38. The van der Waals surface area contributed by atoms with Gasteiger partial charge in [-0.1, -0.05) is 0 Å². The Morgan fingerprint density at radius 2 is 2.25 bits per heavy atom. The number of amides is 1. The third kappa shape index (κ3) is 2.96. The van der Waals surface area contributed by atoms with Crippen LogP contribution >= 0.6 is 0 Å². The molecule has 0 aliphatic carbocycles. The van der Waals surface area contributed by atoms with Gasteiger partial charge in [-0.3, -0.25) is 9.78 Å². The first-order chi connectivity index (χ1) is 9.63. The maximum absolute atomic E-state index is 12.5. The molecule has 2 aromatic heterocycles. The Kier molecular flexibility index (Phi) is 4.34. The third-order valence-corrected chi connectivity index (χ3v) is 3.06. The molecule has 0 aromatic carbocycles. The summed E-state index contributed by atoms with van der Waals surface area (Å²) in [4.78, 5) is 22.4. The molecular formula is C14H19N5O. The standard InChI is InChI=1S/C14H19N5O/c1-4-16-12-9-15-6-5-11(12)14(20)19(3)10-13-17-7-8-18(13)2/h5-9,16H,4,10H2,1-3H3. The number of hydrogen-bond acceptors (Lipinski definition) is 4. The van der Waals surface area contributed by atoms with Crippen LogP contribution in [0.1, 0.15) is 23.1 Å². The highest BCUT2D eigenvalue weighted by Crippen LogP contribution is 2.16. The van der Waals surface area contributed by atoms with E-state index >= 15 is 0 Å². The van der Waals surface area contributed by atoms with Crippen LogP contribution in [-0.4, -0.2) is 38.9 Å². The number of carbonyl (C=O) groups excluding carboxylic acids is 1. The molecule has 2 heterocycles. The van der Waals surface area contributed by atoms with Gasteiger partial charge in [-0.05, 0) is 13.0 Å². The van der Waals surface area contributed by atoms with E-state index in [0.29, 0.717) is 12.1 Å². The van der Waals surface area contributed by atoms with E-state index in [1.165, 1.54) is 0 Å². The summed E-state index contributed by atoms with van der Waals surface area (Å²) < 4.78 is 1.90. The molecule has 0 bridgehead atoms. The van der Waals surface area contributed by atoms with Crippen LogP contribution in [0.25, 0.3) is 0 Å². The Bertz CT molecular complexity index is 593. The SMILES string of the molecule is CCNc1cnccc1C(=O)N(C)Cc1nccn1C. The van der Waals surface area contributed by atoms with Crippen molar-refractivity contribution < 1.29 is 4.79 Å². The summed E-state index contributed by atoms with van der Waals surface area (Å²) in [5.74, 6) is 0.797. The van der Waals surface area contributed by atoms with Gasteiger partial charge in [0.15, 0.2) is 0 Å². The van der Waals surface area contributed by atoms with Crippen LogP contribution < -0.4 is 5.32 Å². The van der Waals surface area contributed by atoms with Crippen molar-refractivity contribution in [3.63, 3.8) is 0 Å². The minimum atomic E-state index is -0.0497. The second-order valence-corrected chi connectivity index (χ2v) is 4.57. The fourth-order valence-corrected chi connectivity index (χ4v) is 1.95. The predicted molar refractivity (Wildman–Crippen MR) is 77.4 cm³/mol. The fourth-order valence-electron chi connectivity index (χ4n) is 1.95. The Balaban J connectivity index is 2.16. The van der Waals surface area contributed by atoms with E-state index in [1.807, 2.05) is 24.7 Å². The van der Waals surface area contributed by atoms with E-state index in [9.17, 15) is 4.79 Å². The molecule has 0 atom stereocenters. The van der Waals surface area contributed by atoms with Crippen LogP contribution in [0.2, 0.25) is 0 Å². The summed E-state index contributed by atoms with van der Waals surface area (Å²) in [6.45, 7) is 3.20. The quantitative estimate of drug-likeness (QED) is 0.897. The number of imidazole rings is 1. The molecule has 0 unspecified atom stereocenters. The average Bonchev–Trinajstić information content (AvgIpc) is 2.84. The molecular weight excluding hydrogens is 254 g/mol. The molecule has 20 heavy (non-hydrogen) atoms. The first-order valence-corrected chi connectivity index (χ1v) is 6.53. The average molecular weight is 273 g/mol. The topological polar surface area (TPSA) is 63.1 Å². The molecule has 2 aromatic rings. The number of rotatable bonds is 5. The van der Waals surface area contributed by atoms with Gasteiger partial charge in [0.05, 0.1) is 24.0 Å². The monoisotopic (exact) mass is 273 g/mol. The number of nitrogens with one attached hydrogen (secondary N) is 1. The Labute approximate surface area is 118 Å². The van der Waals surface area contributed by atoms with Gasteiger partial charge in [0, 0.05) is 39.2 Å². The van der Waals surface area contributed by atoms with Crippen LogP contribution in [0.5, 0.6) is 0 Å². The van der Waals surface area contributed by atoms with Crippen molar-refractivity contribution in [3.8, 4) is 0 Å². The Morgan fingerprint density at radius 3 is 2.90 bits per heavy atom. The number of aromatic nitrogens is 3. The molecule has 0 fully saturated rings. The van der Waals surface area contributed by atoms with E-state index in [1.54, 1.807) is 36.6 Å². The van der Waals surface area contributed by atoms with Crippen molar-refractivity contribution in [1.82, 2.24) is 19.4 Å². The van der Waals surface area contributed by atoms with E-state index in [4.69, 9.17) is 0 Å². The van der Waals surface area contributed by atoms with Gasteiger partial charge in [0.1, 0.15) is 5.82 Å². The van der Waals surface area contributed by atoms with Crippen LogP contribution in [0.4, 0.5) is 5.69 Å². The number of hydrogen-bond donors (Lipinski definition) is 1. The van der Waals surface area contributed by atoms with Crippen LogP contribution in [0.3, 0.4) is 0 Å². The molecule has 1 amide bonds. The van der Waals surface area contributed by atoms with E-state index in [-0.39, 0.29) is 5.91 Å². The summed E-state index contributed by atoms with van der Waals surface area (Å²) >= 11 is 0. The lowest BCUT2D eigenvalue weighted by molar-refractivity contribution is 0.0781. The molecule has 0 saturated carbocycles. The summed E-state index contributed by atoms with van der Waals surface area (Å²) in [7, 11) is 3.68. The lowest BCUT2D eigenvalue weighted by Gasteiger charge is -2.18. The van der Waals surface area contributed by atoms with Crippen molar-refractivity contribution in [3.05, 3.63) is 42.2 Å². The van der Waals surface area contributed by atoms with Gasteiger partial charge >= 0.3 is 0 Å². The summed E-state index contributed by atoms with van der Waals surface area (Å²) in [6.07, 6.45) is 6.89. The maximum atomic E-state index is 12.5. The largest absolute Gasteiger partial charge is 0.383 e. The highest BCUT2D eigenvalue weighted by Gasteiger charge is 2.17. The molecule has 2 rings (SSSR count). The second-order valence-electron chi connectivity index (χ2n) is 4.57. The molecule has 0 spiro atoms. The van der Waals surface area contributed by atoms with Gasteiger partial charge < -0.3 is 14.8 Å². The van der Waals surface area contributed by atoms with Crippen molar-refractivity contribution >= 4 is 11.6 Å². The molecule has 0 radical (unpaired) electrons. The highest BCUT2D eigenvalue weighted by molar-refractivity contribution is 5.99. The molecule has 106 valence electrons. The number of nitrogens with zero attached hydrogens (tertiary/aromatic N) is 4. The normalized spacial score (nSPS) is 10.3. The maximum Gasteiger partial charge on any atom is 0.256 e. The number of carbonyl (C=O) groups is 1. The lowest BCUT2D eigenvalue weighted by atomic mass is 10.2. The lowest BCUT2D eigenvalue weighted by Crippen LogP contribution is -2.28. The Hall–Kier alpha value is -2.37. The summed E-state index contributed by atoms with van der Waals surface area (Å²) in [5, 5.41) is 3.15. The molecule has 0 aliphatic rings. The van der Waals surface area contributed by atoms with Crippen LogP contribution in [0.15, 0.2) is 30.9 Å². The van der Waals surface area contributed by atoms with Gasteiger partial charge in [0.2, 0.25) is 0 Å². The number of aryl methyl sites for hydroxylation is 1. The van der Waals surface area contributed by atoms with Crippen LogP contribution in [0, 0.1) is 0 Å². The highest BCUT2D eigenvalue weighted by atomic mass is 16.2. The van der Waals surface area contributed by atoms with E-state index < -0.39 is 0 Å². The molecule has 6 heteroatoms. The van der Waals surface area contributed by atoms with Crippen molar-refractivity contribution in [2.45, 2.75) is 13.5 Å². The first-order valence-electron chi connectivity index (χ1n) is 6.53. The minimum absolute atomic E-state index is 0.0497. The first kappa shape index (κ1) is 14.0. The van der Waals surface area contributed by atoms with Gasteiger partial charge in [-0.25, -0.2) is 4.98 Å². The Morgan fingerprint density at radius 1 is 1.45 bits per heavy atom. The summed E-state index contributed by atoms with van der Waals surface area (Å²) in [6, 6.07) is 1.73. The smallest absolute Gasteiger partial charge is 0.256 e. The molecule has 6 nitrogen and oxygen atoms in total. The predicted octanol–water partition coefficient (Wildman–Crippen LogP) is 1.52. The zero-order chi connectivity index (χ0) is 14.5. The third-order valence-electron chi connectivity index (χ3n) is 3.06. The van der Waals surface area contributed by atoms with Gasteiger partial charge in [0.25, 0.3) is 5.91 Å². The van der Waals surface area contributed by atoms with Crippen molar-refractivity contribution in [1.29, 1.82) is 0 Å². The zero-order valence-corrected chi connectivity index (χ0v) is 12.0. The van der Waals surface area contributed by atoms with Gasteiger partial charge in [-0.2, -0.15) is 0 Å². The van der Waals surface area contributed by atoms with E-state index in [0.717, 1.165) is 18.1 Å². The second kappa shape index (κ2) is 6.18.